The van der Waals surface area contributed by atoms with Gasteiger partial charge in [-0.1, -0.05) is 83.4 Å². The summed E-state index contributed by atoms with van der Waals surface area (Å²) < 4.78 is 39.3. The van der Waals surface area contributed by atoms with Gasteiger partial charge in [-0.3, -0.25) is 9.97 Å². The molecule has 9 rings (SSSR count). The van der Waals surface area contributed by atoms with E-state index < -0.39 is 0 Å². The minimum atomic E-state index is -0.295. The number of pyridine rings is 2. The Balaban J connectivity index is 0.000000294. The first kappa shape index (κ1) is 51.9. The molecule has 1 saturated heterocycles. The summed E-state index contributed by atoms with van der Waals surface area (Å²) >= 11 is 6.22. The summed E-state index contributed by atoms with van der Waals surface area (Å²) in [6, 6.07) is 31.2. The first-order chi connectivity index (χ1) is 25.5. The van der Waals surface area contributed by atoms with Crippen molar-refractivity contribution in [2.24, 2.45) is 0 Å². The molecule has 0 saturated carbocycles. The Bertz CT molecular complexity index is 2500. The van der Waals surface area contributed by atoms with Crippen molar-refractivity contribution in [2.75, 3.05) is 0 Å². The number of halogens is 7. The Labute approximate surface area is 409 Å². The fourth-order valence-electron chi connectivity index (χ4n) is 6.91. The van der Waals surface area contributed by atoms with E-state index >= 15 is 0 Å². The van der Waals surface area contributed by atoms with Crippen molar-refractivity contribution < 1.29 is 61.3 Å². The van der Waals surface area contributed by atoms with Gasteiger partial charge in [0.05, 0.1) is 15.0 Å². The zero-order valence-electron chi connectivity index (χ0n) is 32.1. The number of hydrogen-bond acceptors (Lipinski definition) is 4. The van der Waals surface area contributed by atoms with E-state index in [0.29, 0.717) is 14.7 Å². The minimum absolute atomic E-state index is 0. The second-order valence-corrected chi connectivity index (χ2v) is 15.0. The Hall–Kier alpha value is -1.27. The van der Waals surface area contributed by atoms with E-state index in [0.717, 1.165) is 55.2 Å². The van der Waals surface area contributed by atoms with Gasteiger partial charge in [0.1, 0.15) is 28.4 Å². The van der Waals surface area contributed by atoms with Crippen molar-refractivity contribution in [3.63, 3.8) is 0 Å². The van der Waals surface area contributed by atoms with Crippen LogP contribution in [0.5, 0.6) is 0 Å². The summed E-state index contributed by atoms with van der Waals surface area (Å²) in [7, 11) is 0. The molecule has 4 aromatic heterocycles. The molecule has 1 aliphatic heterocycles. The molecule has 1 aliphatic rings. The number of furan rings is 2. The first-order valence-corrected chi connectivity index (χ1v) is 24.5. The predicted molar refractivity (Wildman–Crippen MR) is 246 cm³/mol. The molecule has 14 heteroatoms. The van der Waals surface area contributed by atoms with Gasteiger partial charge in [-0.05, 0) is 83.3 Å². The van der Waals surface area contributed by atoms with Gasteiger partial charge in [0, 0.05) is 88.4 Å². The molecule has 8 aromatic rings. The number of hydrogen-bond donors (Lipinski definition) is 0. The van der Waals surface area contributed by atoms with Gasteiger partial charge < -0.3 is 39.0 Å². The summed E-state index contributed by atoms with van der Waals surface area (Å²) in [6.07, 6.45) is 7.35. The van der Waals surface area contributed by atoms with E-state index in [1.807, 2.05) is 95.4 Å². The van der Waals surface area contributed by atoms with Crippen LogP contribution in [0.15, 0.2) is 124 Å². The van der Waals surface area contributed by atoms with Crippen LogP contribution in [-0.2, 0) is 0 Å². The van der Waals surface area contributed by atoms with Gasteiger partial charge in [-0.2, -0.15) is 0 Å². The van der Waals surface area contributed by atoms with Gasteiger partial charge in [0.25, 0.3) is 0 Å². The summed E-state index contributed by atoms with van der Waals surface area (Å²) in [5.41, 5.74) is 6.64. The second-order valence-electron chi connectivity index (χ2n) is 14.0. The van der Waals surface area contributed by atoms with Gasteiger partial charge in [-0.25, -0.2) is 8.78 Å². The summed E-state index contributed by atoms with van der Waals surface area (Å²) in [6.45, 7) is 8.92. The van der Waals surface area contributed by atoms with Crippen LogP contribution in [0.1, 0.15) is 47.0 Å². The number of nitrogens with zero attached hydrogens (tertiary/aromatic N) is 3. The number of piperidine rings is 1. The molecule has 5 nitrogen and oxygen atoms in total. The molecule has 4 aromatic carbocycles. The SMILES string of the molecule is CC1(C)CCCC(C)(C)[N-]1.Fc1ccc2c(c1)oc1c(-c3ccccn3)cccc12.Fc1ccc2c(oc3c(-c4ccccn4)cccc32)c1I.II.[Cl-].[Cl-].[Li+].[Mg+2]. The van der Waals surface area contributed by atoms with E-state index in [1.165, 1.54) is 37.5 Å². The standard InChI is InChI=1S/C17H9FINO.C17H10FNO.C9H18N.2ClH.I2.Li.Mg/c18-13-8-7-11-10-4-3-5-12(14-6-1-2-9-20-14)16(10)21-17(11)15(13)19;18-11-7-8-12-13-4-3-5-14(15-6-1-2-9-19-15)17(13)20-16(12)10-11;1-8(2)6-5-7-9(3,4)10-8;;;1-2;;/h1-9H;1-10H;5-7H2,1-4H3;2*1H;;;/q;;-1;;;;+1;+2/p-2. The topological polar surface area (TPSA) is 66.2 Å². The Morgan fingerprint density at radius 2 is 1.11 bits per heavy atom. The minimum Gasteiger partial charge on any atom is -1.00 e. The van der Waals surface area contributed by atoms with Crippen molar-refractivity contribution in [1.29, 1.82) is 0 Å². The first-order valence-electron chi connectivity index (χ1n) is 17.1. The third-order valence-corrected chi connectivity index (χ3v) is 10.1. The number of aromatic nitrogens is 2. The van der Waals surface area contributed by atoms with Crippen LogP contribution in [-0.4, -0.2) is 44.1 Å². The summed E-state index contributed by atoms with van der Waals surface area (Å²) in [5, 5.41) is 8.54. The number of fused-ring (bicyclic) bond motifs is 6. The monoisotopic (exact) mass is 1150 g/mol. The summed E-state index contributed by atoms with van der Waals surface area (Å²) in [4.78, 5) is 8.73. The zero-order chi connectivity index (χ0) is 37.8. The number of para-hydroxylation sites is 2. The molecule has 0 atom stereocenters. The molecule has 0 amide bonds. The molecular formula is C43H37Cl2F2I3LiMgN3O2. The second kappa shape index (κ2) is 23.1. The van der Waals surface area contributed by atoms with Crippen LogP contribution in [0.25, 0.3) is 71.7 Å². The molecule has 0 aliphatic carbocycles. The van der Waals surface area contributed by atoms with E-state index in [4.69, 9.17) is 14.2 Å². The van der Waals surface area contributed by atoms with Crippen LogP contribution >= 0.6 is 59.8 Å². The number of benzene rings is 4. The fraction of sp³-hybridized carbons (Fsp3) is 0.209. The normalized spacial score (nSPS) is 13.5. The molecule has 0 N–H and O–H groups in total. The Morgan fingerprint density at radius 3 is 1.60 bits per heavy atom. The smallest absolute Gasteiger partial charge is 1.00 e. The van der Waals surface area contributed by atoms with Crippen LogP contribution in [0, 0.1) is 15.2 Å². The third kappa shape index (κ3) is 12.4. The van der Waals surface area contributed by atoms with E-state index in [9.17, 15) is 8.78 Å². The maximum atomic E-state index is 13.7. The van der Waals surface area contributed by atoms with Gasteiger partial charge in [-0.15, -0.1) is 11.1 Å². The third-order valence-electron chi connectivity index (χ3n) is 9.08. The molecular weight excluding hydrogens is 1110 g/mol. The van der Waals surface area contributed by atoms with Gasteiger partial charge >= 0.3 is 41.9 Å². The average molecular weight is 1150 g/mol. The molecule has 0 radical (unpaired) electrons. The van der Waals surface area contributed by atoms with E-state index in [1.54, 1.807) is 24.5 Å². The average Bonchev–Trinajstić information content (AvgIpc) is 3.73. The van der Waals surface area contributed by atoms with E-state index in [2.05, 4.69) is 74.9 Å². The van der Waals surface area contributed by atoms with Gasteiger partial charge in [0.2, 0.25) is 0 Å². The molecule has 0 unspecified atom stereocenters. The van der Waals surface area contributed by atoms with Crippen molar-refractivity contribution in [3.8, 4) is 22.5 Å². The number of rotatable bonds is 2. The maximum absolute atomic E-state index is 13.7. The van der Waals surface area contributed by atoms with Crippen LogP contribution in [0.2, 0.25) is 0 Å². The molecule has 0 spiro atoms. The van der Waals surface area contributed by atoms with E-state index in [-0.39, 0.29) is 89.4 Å². The Morgan fingerprint density at radius 1 is 0.614 bits per heavy atom. The van der Waals surface area contributed by atoms with Gasteiger partial charge in [0.15, 0.2) is 5.58 Å². The fourth-order valence-corrected chi connectivity index (χ4v) is 7.49. The molecule has 288 valence electrons. The maximum Gasteiger partial charge on any atom is 2.00 e. The molecule has 5 heterocycles. The zero-order valence-corrected chi connectivity index (χ0v) is 41.5. The quantitative estimate of drug-likeness (QED) is 0.165. The predicted octanol–water partition coefficient (Wildman–Crippen LogP) is 5.68. The largest absolute Gasteiger partial charge is 2.00 e. The van der Waals surface area contributed by atoms with Crippen LogP contribution in [0.3, 0.4) is 0 Å². The summed E-state index contributed by atoms with van der Waals surface area (Å²) in [5.74, 6) is -0.558. The molecule has 0 bridgehead atoms. The van der Waals surface area contributed by atoms with Crippen molar-refractivity contribution in [3.05, 3.63) is 136 Å². The Kier molecular flexibility index (Phi) is 21.0. The molecule has 1 fully saturated rings. The molecule has 57 heavy (non-hydrogen) atoms. The van der Waals surface area contributed by atoms with Crippen molar-refractivity contribution >= 4 is 127 Å². The van der Waals surface area contributed by atoms with Crippen LogP contribution < -0.4 is 43.7 Å². The van der Waals surface area contributed by atoms with Crippen molar-refractivity contribution in [2.45, 2.75) is 58.0 Å². The van der Waals surface area contributed by atoms with Crippen molar-refractivity contribution in [1.82, 2.24) is 9.97 Å². The van der Waals surface area contributed by atoms with Crippen LogP contribution in [0.4, 0.5) is 8.78 Å².